The predicted octanol–water partition coefficient (Wildman–Crippen LogP) is 4.04. The number of nitrogens with one attached hydrogen (secondary N) is 2. The molecule has 0 aliphatic carbocycles. The van der Waals surface area contributed by atoms with E-state index in [0.717, 1.165) is 10.2 Å². The van der Waals surface area contributed by atoms with Gasteiger partial charge in [0.2, 0.25) is 0 Å². The number of benzene rings is 1. The van der Waals surface area contributed by atoms with Gasteiger partial charge >= 0.3 is 0 Å². The normalized spacial score (nSPS) is 11.9. The van der Waals surface area contributed by atoms with Gasteiger partial charge in [-0.15, -0.1) is 11.3 Å². The third-order valence-electron chi connectivity index (χ3n) is 2.75. The highest BCUT2D eigenvalue weighted by Gasteiger charge is 2.09. The summed E-state index contributed by atoms with van der Waals surface area (Å²) < 4.78 is 1.10. The Morgan fingerprint density at radius 2 is 2.16 bits per heavy atom. The third kappa shape index (κ3) is 3.58. The number of thiophene rings is 1. The molecule has 0 spiro atoms. The van der Waals surface area contributed by atoms with Crippen molar-refractivity contribution in [1.82, 2.24) is 5.32 Å². The van der Waals surface area contributed by atoms with E-state index < -0.39 is 0 Å². The molecule has 3 nitrogen and oxygen atoms in total. The number of hydrogen-bond donors (Lipinski definition) is 2. The first-order chi connectivity index (χ1) is 9.10. The van der Waals surface area contributed by atoms with Crippen molar-refractivity contribution in [3.63, 3.8) is 0 Å². The van der Waals surface area contributed by atoms with Gasteiger partial charge in [0, 0.05) is 33.0 Å². The van der Waals surface area contributed by atoms with Crippen molar-refractivity contribution < 1.29 is 4.79 Å². The van der Waals surface area contributed by atoms with E-state index in [0.29, 0.717) is 5.56 Å². The molecule has 1 heterocycles. The standard InChI is InChI=1S/C14H15BrN2OS/c1-9(13-7-11(15)8-19-13)17-12-5-3-4-10(6-12)14(18)16-2/h3-9,17H,1-2H3,(H,16,18). The van der Waals surface area contributed by atoms with Gasteiger partial charge in [0.05, 0.1) is 6.04 Å². The summed E-state index contributed by atoms with van der Waals surface area (Å²) >= 11 is 5.16. The summed E-state index contributed by atoms with van der Waals surface area (Å²) in [7, 11) is 1.63. The zero-order valence-electron chi connectivity index (χ0n) is 10.7. The molecule has 0 aliphatic rings. The van der Waals surface area contributed by atoms with Crippen molar-refractivity contribution >= 4 is 38.9 Å². The first-order valence-corrected chi connectivity index (χ1v) is 7.60. The van der Waals surface area contributed by atoms with Crippen LogP contribution in [0.15, 0.2) is 40.2 Å². The Labute approximate surface area is 125 Å². The number of carbonyl (C=O) groups excluding carboxylic acids is 1. The van der Waals surface area contributed by atoms with Crippen LogP contribution >= 0.6 is 27.3 Å². The Bertz CT molecular complexity index is 582. The molecule has 100 valence electrons. The molecule has 2 N–H and O–H groups in total. The summed E-state index contributed by atoms with van der Waals surface area (Å²) in [5.41, 5.74) is 1.60. The maximum Gasteiger partial charge on any atom is 0.251 e. The molecular weight excluding hydrogens is 324 g/mol. The van der Waals surface area contributed by atoms with E-state index in [2.05, 4.69) is 44.9 Å². The van der Waals surface area contributed by atoms with E-state index in [1.54, 1.807) is 24.5 Å². The molecule has 0 aliphatic heterocycles. The Hall–Kier alpha value is -1.33. The van der Waals surface area contributed by atoms with Gasteiger partial charge in [-0.3, -0.25) is 4.79 Å². The average Bonchev–Trinajstić information content (AvgIpc) is 2.85. The van der Waals surface area contributed by atoms with Gasteiger partial charge in [0.25, 0.3) is 5.91 Å². The molecule has 1 aromatic carbocycles. The smallest absolute Gasteiger partial charge is 0.251 e. The van der Waals surface area contributed by atoms with E-state index >= 15 is 0 Å². The predicted molar refractivity (Wildman–Crippen MR) is 83.9 cm³/mol. The maximum absolute atomic E-state index is 11.6. The largest absolute Gasteiger partial charge is 0.378 e. The molecule has 1 aromatic heterocycles. The first kappa shape index (κ1) is 14.1. The molecule has 19 heavy (non-hydrogen) atoms. The Kier molecular flexibility index (Phi) is 4.61. The fourth-order valence-electron chi connectivity index (χ4n) is 1.77. The van der Waals surface area contributed by atoms with E-state index in [4.69, 9.17) is 0 Å². The van der Waals surface area contributed by atoms with Crippen LogP contribution in [0.25, 0.3) is 0 Å². The summed E-state index contributed by atoms with van der Waals surface area (Å²) in [5, 5.41) is 8.09. The van der Waals surface area contributed by atoms with Gasteiger partial charge in [-0.1, -0.05) is 6.07 Å². The fourth-order valence-corrected chi connectivity index (χ4v) is 3.22. The lowest BCUT2D eigenvalue weighted by atomic mass is 10.1. The van der Waals surface area contributed by atoms with Crippen molar-refractivity contribution in [3.05, 3.63) is 50.6 Å². The molecule has 2 aromatic rings. The zero-order chi connectivity index (χ0) is 13.8. The van der Waals surface area contributed by atoms with E-state index in [1.807, 2.05) is 18.2 Å². The van der Waals surface area contributed by atoms with Crippen LogP contribution < -0.4 is 10.6 Å². The minimum Gasteiger partial charge on any atom is -0.378 e. The van der Waals surface area contributed by atoms with Crippen LogP contribution in [-0.4, -0.2) is 13.0 Å². The van der Waals surface area contributed by atoms with Crippen LogP contribution in [0.5, 0.6) is 0 Å². The summed E-state index contributed by atoms with van der Waals surface area (Å²) in [6.07, 6.45) is 0. The van der Waals surface area contributed by atoms with Crippen molar-refractivity contribution in [2.45, 2.75) is 13.0 Å². The van der Waals surface area contributed by atoms with Gasteiger partial charge in [-0.05, 0) is 47.1 Å². The molecule has 1 unspecified atom stereocenters. The lowest BCUT2D eigenvalue weighted by Gasteiger charge is -2.14. The quantitative estimate of drug-likeness (QED) is 0.883. The van der Waals surface area contributed by atoms with Crippen molar-refractivity contribution in [2.24, 2.45) is 0 Å². The molecule has 1 atom stereocenters. The van der Waals surface area contributed by atoms with Gasteiger partial charge in [0.15, 0.2) is 0 Å². The molecular formula is C14H15BrN2OS. The highest BCUT2D eigenvalue weighted by atomic mass is 79.9. The van der Waals surface area contributed by atoms with Gasteiger partial charge in [0.1, 0.15) is 0 Å². The monoisotopic (exact) mass is 338 g/mol. The minimum absolute atomic E-state index is 0.0739. The highest BCUT2D eigenvalue weighted by molar-refractivity contribution is 9.10. The van der Waals surface area contributed by atoms with Crippen LogP contribution in [0.3, 0.4) is 0 Å². The Balaban J connectivity index is 2.12. The molecule has 0 saturated heterocycles. The van der Waals surface area contributed by atoms with Gasteiger partial charge in [-0.2, -0.15) is 0 Å². The molecule has 2 rings (SSSR count). The number of halogens is 1. The van der Waals surface area contributed by atoms with Crippen LogP contribution in [0.1, 0.15) is 28.2 Å². The summed E-state index contributed by atoms with van der Waals surface area (Å²) in [6, 6.07) is 9.81. The summed E-state index contributed by atoms with van der Waals surface area (Å²) in [4.78, 5) is 12.8. The van der Waals surface area contributed by atoms with E-state index in [-0.39, 0.29) is 11.9 Å². The molecule has 0 radical (unpaired) electrons. The highest BCUT2D eigenvalue weighted by Crippen LogP contribution is 2.28. The molecule has 1 amide bonds. The lowest BCUT2D eigenvalue weighted by Crippen LogP contribution is -2.18. The van der Waals surface area contributed by atoms with Crippen LogP contribution in [-0.2, 0) is 0 Å². The van der Waals surface area contributed by atoms with Crippen molar-refractivity contribution in [3.8, 4) is 0 Å². The van der Waals surface area contributed by atoms with Crippen LogP contribution in [0.4, 0.5) is 5.69 Å². The van der Waals surface area contributed by atoms with Crippen LogP contribution in [0, 0.1) is 0 Å². The number of anilines is 1. The lowest BCUT2D eigenvalue weighted by molar-refractivity contribution is 0.0963. The Morgan fingerprint density at radius 3 is 2.79 bits per heavy atom. The molecule has 0 saturated carbocycles. The number of amides is 1. The summed E-state index contributed by atoms with van der Waals surface area (Å²) in [5.74, 6) is -0.0739. The van der Waals surface area contributed by atoms with Crippen molar-refractivity contribution in [2.75, 3.05) is 12.4 Å². The SMILES string of the molecule is CNC(=O)c1cccc(NC(C)c2cc(Br)cs2)c1. The van der Waals surface area contributed by atoms with Gasteiger partial charge in [-0.25, -0.2) is 0 Å². The topological polar surface area (TPSA) is 41.1 Å². The first-order valence-electron chi connectivity index (χ1n) is 5.93. The number of hydrogen-bond acceptors (Lipinski definition) is 3. The van der Waals surface area contributed by atoms with Gasteiger partial charge < -0.3 is 10.6 Å². The maximum atomic E-state index is 11.6. The van der Waals surface area contributed by atoms with E-state index in [1.165, 1.54) is 4.88 Å². The second-order valence-corrected chi connectivity index (χ2v) is 6.05. The third-order valence-corrected chi connectivity index (χ3v) is 4.63. The van der Waals surface area contributed by atoms with Crippen molar-refractivity contribution in [1.29, 1.82) is 0 Å². The Morgan fingerprint density at radius 1 is 1.37 bits per heavy atom. The second kappa shape index (κ2) is 6.21. The van der Waals surface area contributed by atoms with E-state index in [9.17, 15) is 4.79 Å². The number of carbonyl (C=O) groups is 1. The average molecular weight is 339 g/mol. The molecule has 0 fully saturated rings. The molecule has 5 heteroatoms. The van der Waals surface area contributed by atoms with Crippen LogP contribution in [0.2, 0.25) is 0 Å². The number of rotatable bonds is 4. The second-order valence-electron chi connectivity index (χ2n) is 4.19. The summed E-state index contributed by atoms with van der Waals surface area (Å²) in [6.45, 7) is 2.10. The zero-order valence-corrected chi connectivity index (χ0v) is 13.1. The minimum atomic E-state index is -0.0739. The fraction of sp³-hybridized carbons (Fsp3) is 0.214. The molecule has 0 bridgehead atoms.